The van der Waals surface area contributed by atoms with Crippen LogP contribution < -0.4 is 0 Å². The highest BCUT2D eigenvalue weighted by molar-refractivity contribution is 5.96. The van der Waals surface area contributed by atoms with E-state index in [1.54, 1.807) is 0 Å². The van der Waals surface area contributed by atoms with Crippen LogP contribution in [0.15, 0.2) is 78.9 Å². The van der Waals surface area contributed by atoms with Gasteiger partial charge >= 0.3 is 0 Å². The highest BCUT2D eigenvalue weighted by atomic mass is 16.1. The number of ketones is 1. The number of piperazine rings is 1. The van der Waals surface area contributed by atoms with Crippen LogP contribution in [0.2, 0.25) is 0 Å². The predicted molar refractivity (Wildman–Crippen MR) is 148 cm³/mol. The summed E-state index contributed by atoms with van der Waals surface area (Å²) in [6.07, 6.45) is 3.70. The summed E-state index contributed by atoms with van der Waals surface area (Å²) in [6.45, 7) is 7.37. The number of hydrogen-bond donors (Lipinski definition) is 0. The molecule has 0 bridgehead atoms. The highest BCUT2D eigenvalue weighted by Crippen LogP contribution is 2.29. The van der Waals surface area contributed by atoms with E-state index in [1.807, 2.05) is 0 Å². The average molecular weight is 482 g/mol. The lowest BCUT2D eigenvalue weighted by molar-refractivity contribution is 0.0942. The van der Waals surface area contributed by atoms with Gasteiger partial charge < -0.3 is 9.80 Å². The molecule has 4 heteroatoms. The third-order valence-corrected chi connectivity index (χ3v) is 7.93. The second kappa shape index (κ2) is 12.0. The summed E-state index contributed by atoms with van der Waals surface area (Å²) >= 11 is 0. The summed E-state index contributed by atoms with van der Waals surface area (Å²) < 4.78 is 0. The van der Waals surface area contributed by atoms with Crippen molar-refractivity contribution in [2.24, 2.45) is 0 Å². The lowest BCUT2D eigenvalue weighted by atomic mass is 9.96. The van der Waals surface area contributed by atoms with E-state index in [2.05, 4.69) is 101 Å². The first-order valence-electron chi connectivity index (χ1n) is 13.6. The molecule has 3 aromatic carbocycles. The minimum atomic E-state index is 0.294. The van der Waals surface area contributed by atoms with Crippen LogP contribution in [0.5, 0.6) is 0 Å². The van der Waals surface area contributed by atoms with Crippen molar-refractivity contribution >= 4 is 5.78 Å². The van der Waals surface area contributed by atoms with E-state index in [0.717, 1.165) is 70.6 Å². The van der Waals surface area contributed by atoms with E-state index in [-0.39, 0.29) is 0 Å². The third-order valence-electron chi connectivity index (χ3n) is 7.93. The van der Waals surface area contributed by atoms with Crippen molar-refractivity contribution < 1.29 is 4.79 Å². The third kappa shape index (κ3) is 6.12. The smallest absolute Gasteiger partial charge is 0.162 e. The summed E-state index contributed by atoms with van der Waals surface area (Å²) in [5.74, 6) is 0.294. The Morgan fingerprint density at radius 1 is 0.750 bits per heavy atom. The van der Waals surface area contributed by atoms with Crippen LogP contribution in [-0.2, 0) is 12.8 Å². The van der Waals surface area contributed by atoms with E-state index >= 15 is 0 Å². The van der Waals surface area contributed by atoms with Gasteiger partial charge in [-0.3, -0.25) is 9.69 Å². The Balaban J connectivity index is 1.13. The molecule has 0 saturated carbocycles. The molecule has 3 aromatic rings. The van der Waals surface area contributed by atoms with Crippen LogP contribution >= 0.6 is 0 Å². The van der Waals surface area contributed by atoms with Crippen LogP contribution in [0.4, 0.5) is 0 Å². The Labute approximate surface area is 216 Å². The first-order valence-corrected chi connectivity index (χ1v) is 13.6. The molecule has 1 saturated heterocycles. The van der Waals surface area contributed by atoms with Crippen molar-refractivity contribution in [2.75, 3.05) is 52.9 Å². The number of hydrogen-bond acceptors (Lipinski definition) is 4. The number of benzene rings is 3. The summed E-state index contributed by atoms with van der Waals surface area (Å²) in [5, 5.41) is 0. The normalized spacial score (nSPS) is 17.6. The van der Waals surface area contributed by atoms with E-state index in [4.69, 9.17) is 0 Å². The molecule has 36 heavy (non-hydrogen) atoms. The molecule has 2 aliphatic rings. The number of nitrogens with zero attached hydrogens (tertiary/aromatic N) is 3. The van der Waals surface area contributed by atoms with Gasteiger partial charge in [0.2, 0.25) is 0 Å². The van der Waals surface area contributed by atoms with Crippen molar-refractivity contribution in [3.63, 3.8) is 0 Å². The molecule has 0 aromatic heterocycles. The van der Waals surface area contributed by atoms with Gasteiger partial charge in [0.15, 0.2) is 5.78 Å². The quantitative estimate of drug-likeness (QED) is 0.419. The second-order valence-corrected chi connectivity index (χ2v) is 10.4. The second-order valence-electron chi connectivity index (χ2n) is 10.4. The first-order chi connectivity index (χ1) is 17.7. The Morgan fingerprint density at radius 2 is 1.36 bits per heavy atom. The molecule has 2 aliphatic heterocycles. The molecule has 1 fully saturated rings. The van der Waals surface area contributed by atoms with Crippen LogP contribution in [-0.4, -0.2) is 73.3 Å². The Kier molecular flexibility index (Phi) is 8.27. The van der Waals surface area contributed by atoms with Gasteiger partial charge in [0.05, 0.1) is 6.04 Å². The van der Waals surface area contributed by atoms with Gasteiger partial charge in [-0.1, -0.05) is 72.8 Å². The van der Waals surface area contributed by atoms with Crippen molar-refractivity contribution in [1.82, 2.24) is 14.7 Å². The van der Waals surface area contributed by atoms with Gasteiger partial charge in [0.1, 0.15) is 0 Å². The van der Waals surface area contributed by atoms with E-state index in [9.17, 15) is 4.79 Å². The molecular weight excluding hydrogens is 442 g/mol. The number of fused-ring (bicyclic) bond motifs is 1. The van der Waals surface area contributed by atoms with Crippen molar-refractivity contribution in [2.45, 2.75) is 31.7 Å². The van der Waals surface area contributed by atoms with Crippen molar-refractivity contribution in [3.05, 3.63) is 107 Å². The van der Waals surface area contributed by atoms with Gasteiger partial charge in [-0.25, -0.2) is 0 Å². The first kappa shape index (κ1) is 24.9. The lowest BCUT2D eigenvalue weighted by Crippen LogP contribution is -2.48. The molecule has 0 aliphatic carbocycles. The van der Waals surface area contributed by atoms with Crippen LogP contribution in [0.3, 0.4) is 0 Å². The summed E-state index contributed by atoms with van der Waals surface area (Å²) in [7, 11) is 2.18. The lowest BCUT2D eigenvalue weighted by Gasteiger charge is -2.39. The topological polar surface area (TPSA) is 26.8 Å². The number of rotatable bonds is 8. The van der Waals surface area contributed by atoms with Gasteiger partial charge in [-0.15, -0.1) is 0 Å². The van der Waals surface area contributed by atoms with E-state index < -0.39 is 0 Å². The largest absolute Gasteiger partial charge is 0.306 e. The molecule has 5 rings (SSSR count). The zero-order chi connectivity index (χ0) is 24.7. The van der Waals surface area contributed by atoms with E-state index in [1.165, 1.54) is 22.3 Å². The molecule has 0 radical (unpaired) electrons. The number of carbonyl (C=O) groups excluding carboxylic acids is 1. The summed E-state index contributed by atoms with van der Waals surface area (Å²) in [5.41, 5.74) is 6.40. The van der Waals surface area contributed by atoms with Crippen LogP contribution in [0.1, 0.15) is 51.5 Å². The molecule has 0 spiro atoms. The minimum absolute atomic E-state index is 0.294. The molecule has 0 unspecified atom stereocenters. The number of likely N-dealkylation sites (N-methyl/N-ethyl adjacent to an activating group) is 1. The minimum Gasteiger partial charge on any atom is -0.306 e. The maximum absolute atomic E-state index is 12.9. The van der Waals surface area contributed by atoms with Crippen molar-refractivity contribution in [1.29, 1.82) is 0 Å². The molecule has 0 amide bonds. The predicted octanol–water partition coefficient (Wildman–Crippen LogP) is 5.09. The average Bonchev–Trinajstić information content (AvgIpc) is 3.12. The monoisotopic (exact) mass is 481 g/mol. The maximum Gasteiger partial charge on any atom is 0.162 e. The fraction of sp³-hybridized carbons (Fsp3) is 0.406. The fourth-order valence-corrected chi connectivity index (χ4v) is 5.75. The number of carbonyl (C=O) groups is 1. The molecular formula is C32H39N3O. The molecule has 0 N–H and O–H groups in total. The Bertz CT molecular complexity index is 1080. The van der Waals surface area contributed by atoms with Gasteiger partial charge in [-0.05, 0) is 61.2 Å². The van der Waals surface area contributed by atoms with Crippen molar-refractivity contribution in [3.8, 4) is 0 Å². The Hall–Kier alpha value is -2.79. The van der Waals surface area contributed by atoms with Gasteiger partial charge in [-0.2, -0.15) is 0 Å². The summed E-state index contributed by atoms with van der Waals surface area (Å²) in [6, 6.07) is 28.4. The van der Waals surface area contributed by atoms with Gasteiger partial charge in [0.25, 0.3) is 0 Å². The number of Topliss-reactive ketones (excluding diaryl/α,β-unsaturated/α-hetero) is 1. The fourth-order valence-electron chi connectivity index (χ4n) is 5.75. The van der Waals surface area contributed by atoms with Crippen LogP contribution in [0, 0.1) is 0 Å². The zero-order valence-corrected chi connectivity index (χ0v) is 21.6. The summed E-state index contributed by atoms with van der Waals surface area (Å²) in [4.78, 5) is 20.5. The maximum atomic E-state index is 12.9. The Morgan fingerprint density at radius 3 is 2.00 bits per heavy atom. The van der Waals surface area contributed by atoms with E-state index in [0.29, 0.717) is 18.2 Å². The SMILES string of the molecule is CN1CCc2ccc(C(=O)CCCN3CCN(C(c4ccccc4)c4ccccc4)CC3)cc2CC1. The zero-order valence-electron chi connectivity index (χ0n) is 21.6. The van der Waals surface area contributed by atoms with Gasteiger partial charge in [0, 0.05) is 51.3 Å². The molecule has 2 heterocycles. The van der Waals surface area contributed by atoms with Crippen LogP contribution in [0.25, 0.3) is 0 Å². The highest BCUT2D eigenvalue weighted by Gasteiger charge is 2.26. The molecule has 0 atom stereocenters. The molecule has 4 nitrogen and oxygen atoms in total. The standard InChI is InChI=1S/C32H39N3O/c1-33-19-16-26-14-15-30(25-29(26)17-20-33)31(36)13-8-18-34-21-23-35(24-22-34)32(27-9-4-2-5-10-27)28-11-6-3-7-12-28/h2-7,9-12,14-15,25,32H,8,13,16-24H2,1H3. The molecule has 188 valence electrons.